The van der Waals surface area contributed by atoms with Crippen molar-refractivity contribution in [3.63, 3.8) is 0 Å². The summed E-state index contributed by atoms with van der Waals surface area (Å²) < 4.78 is 0. The zero-order valence-electron chi connectivity index (χ0n) is 12.9. The van der Waals surface area contributed by atoms with Gasteiger partial charge in [0.1, 0.15) is 0 Å². The summed E-state index contributed by atoms with van der Waals surface area (Å²) in [7, 11) is 0. The predicted octanol–water partition coefficient (Wildman–Crippen LogP) is 3.67. The number of benzene rings is 2. The topological polar surface area (TPSA) is 41.1 Å². The molecule has 0 heterocycles. The van der Waals surface area contributed by atoms with E-state index in [1.54, 1.807) is 0 Å². The second-order valence-electron chi connectivity index (χ2n) is 5.23. The molecule has 0 aromatic heterocycles. The Bertz CT molecular complexity index is 635. The van der Waals surface area contributed by atoms with E-state index in [1.165, 1.54) is 11.1 Å². The first-order valence-electron chi connectivity index (χ1n) is 7.28. The second kappa shape index (κ2) is 6.93. The van der Waals surface area contributed by atoms with Crippen molar-refractivity contribution in [2.24, 2.45) is 0 Å². The number of hydrogen-bond acceptors (Lipinski definition) is 2. The van der Waals surface area contributed by atoms with Crippen molar-refractivity contribution in [1.29, 1.82) is 0 Å². The molecule has 2 N–H and O–H groups in total. The number of hydrogen-bond donors (Lipinski definition) is 2. The van der Waals surface area contributed by atoms with Crippen molar-refractivity contribution in [2.75, 3.05) is 11.9 Å². The van der Waals surface area contributed by atoms with Gasteiger partial charge < -0.3 is 10.6 Å². The summed E-state index contributed by atoms with van der Waals surface area (Å²) in [6, 6.07) is 14.2. The van der Waals surface area contributed by atoms with Gasteiger partial charge in [0, 0.05) is 24.3 Å². The van der Waals surface area contributed by atoms with Gasteiger partial charge in [0.25, 0.3) is 5.91 Å². The van der Waals surface area contributed by atoms with Crippen molar-refractivity contribution in [3.05, 3.63) is 64.7 Å². The van der Waals surface area contributed by atoms with E-state index >= 15 is 0 Å². The van der Waals surface area contributed by atoms with E-state index in [4.69, 9.17) is 0 Å². The third-order valence-electron chi connectivity index (χ3n) is 3.39. The lowest BCUT2D eigenvalue weighted by molar-refractivity contribution is 0.0956. The summed E-state index contributed by atoms with van der Waals surface area (Å²) in [5.74, 6) is -0.0224. The minimum absolute atomic E-state index is 0.0224. The number of rotatable bonds is 5. The molecule has 110 valence electrons. The first kappa shape index (κ1) is 15.1. The normalized spacial score (nSPS) is 10.2. The van der Waals surface area contributed by atoms with Gasteiger partial charge in [-0.15, -0.1) is 0 Å². The first-order chi connectivity index (χ1) is 10.1. The van der Waals surface area contributed by atoms with E-state index in [-0.39, 0.29) is 5.91 Å². The molecular formula is C18H22N2O. The molecule has 0 atom stereocenters. The minimum atomic E-state index is -0.0224. The zero-order chi connectivity index (χ0) is 15.2. The number of anilines is 1. The van der Waals surface area contributed by atoms with Gasteiger partial charge in [0.2, 0.25) is 0 Å². The standard InChI is InChI=1S/C18H22N2O/c1-4-19-18(21)16-8-9-17(14(3)11-16)20-12-15-7-5-6-13(2)10-15/h5-11,20H,4,12H2,1-3H3,(H,19,21). The highest BCUT2D eigenvalue weighted by molar-refractivity contribution is 5.94. The highest BCUT2D eigenvalue weighted by Crippen LogP contribution is 2.18. The van der Waals surface area contributed by atoms with E-state index in [2.05, 4.69) is 41.8 Å². The average Bonchev–Trinajstić information content (AvgIpc) is 2.46. The van der Waals surface area contributed by atoms with Crippen LogP contribution in [0.4, 0.5) is 5.69 Å². The first-order valence-corrected chi connectivity index (χ1v) is 7.28. The van der Waals surface area contributed by atoms with Gasteiger partial charge in [0.15, 0.2) is 0 Å². The SMILES string of the molecule is CCNC(=O)c1ccc(NCc2cccc(C)c2)c(C)c1. The molecule has 0 saturated heterocycles. The van der Waals surface area contributed by atoms with Crippen molar-refractivity contribution >= 4 is 11.6 Å². The van der Waals surface area contributed by atoms with Gasteiger partial charge in [-0.1, -0.05) is 29.8 Å². The molecule has 0 spiro atoms. The molecule has 0 aliphatic rings. The van der Waals surface area contributed by atoms with Gasteiger partial charge in [-0.3, -0.25) is 4.79 Å². The minimum Gasteiger partial charge on any atom is -0.381 e. The molecule has 2 aromatic carbocycles. The predicted molar refractivity (Wildman–Crippen MR) is 87.7 cm³/mol. The van der Waals surface area contributed by atoms with Crippen LogP contribution in [0.3, 0.4) is 0 Å². The molecule has 2 rings (SSSR count). The Kier molecular flexibility index (Phi) is 4.99. The lowest BCUT2D eigenvalue weighted by Gasteiger charge is -2.11. The van der Waals surface area contributed by atoms with E-state index < -0.39 is 0 Å². The van der Waals surface area contributed by atoms with Crippen LogP contribution in [0.1, 0.15) is 34.0 Å². The third kappa shape index (κ3) is 4.09. The number of amides is 1. The highest BCUT2D eigenvalue weighted by atomic mass is 16.1. The maximum Gasteiger partial charge on any atom is 0.251 e. The molecule has 2 aromatic rings. The smallest absolute Gasteiger partial charge is 0.251 e. The Balaban J connectivity index is 2.06. The molecule has 0 unspecified atom stereocenters. The van der Waals surface area contributed by atoms with Crippen LogP contribution in [0.2, 0.25) is 0 Å². The van der Waals surface area contributed by atoms with Crippen molar-refractivity contribution in [3.8, 4) is 0 Å². The van der Waals surface area contributed by atoms with Gasteiger partial charge >= 0.3 is 0 Å². The lowest BCUT2D eigenvalue weighted by Crippen LogP contribution is -2.22. The summed E-state index contributed by atoms with van der Waals surface area (Å²) in [4.78, 5) is 11.8. The number of aryl methyl sites for hydroxylation is 2. The lowest BCUT2D eigenvalue weighted by atomic mass is 10.1. The third-order valence-corrected chi connectivity index (χ3v) is 3.39. The van der Waals surface area contributed by atoms with Crippen molar-refractivity contribution in [2.45, 2.75) is 27.3 Å². The molecule has 0 radical (unpaired) electrons. The molecule has 0 bridgehead atoms. The maximum atomic E-state index is 11.8. The molecule has 0 saturated carbocycles. The van der Waals surface area contributed by atoms with Crippen molar-refractivity contribution in [1.82, 2.24) is 5.32 Å². The molecule has 0 aliphatic carbocycles. The Morgan fingerprint density at radius 2 is 1.90 bits per heavy atom. The number of carbonyl (C=O) groups is 1. The summed E-state index contributed by atoms with van der Waals surface area (Å²) >= 11 is 0. The maximum absolute atomic E-state index is 11.8. The monoisotopic (exact) mass is 282 g/mol. The molecule has 0 aliphatic heterocycles. The Morgan fingerprint density at radius 1 is 1.10 bits per heavy atom. The zero-order valence-corrected chi connectivity index (χ0v) is 12.9. The van der Waals surface area contributed by atoms with Crippen LogP contribution in [0.5, 0.6) is 0 Å². The Morgan fingerprint density at radius 3 is 2.57 bits per heavy atom. The Labute approximate surface area is 126 Å². The summed E-state index contributed by atoms with van der Waals surface area (Å²) in [5.41, 5.74) is 5.35. The van der Waals surface area contributed by atoms with E-state index in [0.717, 1.165) is 17.8 Å². The molecule has 3 heteroatoms. The van der Waals surface area contributed by atoms with E-state index in [0.29, 0.717) is 12.1 Å². The van der Waals surface area contributed by atoms with Crippen LogP contribution in [0.15, 0.2) is 42.5 Å². The molecule has 21 heavy (non-hydrogen) atoms. The van der Waals surface area contributed by atoms with Crippen LogP contribution in [-0.4, -0.2) is 12.5 Å². The van der Waals surface area contributed by atoms with E-state index in [1.807, 2.05) is 32.0 Å². The number of nitrogens with one attached hydrogen (secondary N) is 2. The average molecular weight is 282 g/mol. The largest absolute Gasteiger partial charge is 0.381 e. The molecule has 0 fully saturated rings. The van der Waals surface area contributed by atoms with Crippen LogP contribution in [0, 0.1) is 13.8 Å². The van der Waals surface area contributed by atoms with Gasteiger partial charge in [-0.05, 0) is 50.1 Å². The van der Waals surface area contributed by atoms with Gasteiger partial charge in [-0.2, -0.15) is 0 Å². The Hall–Kier alpha value is -2.29. The van der Waals surface area contributed by atoms with Crippen LogP contribution < -0.4 is 10.6 Å². The number of carbonyl (C=O) groups excluding carboxylic acids is 1. The fourth-order valence-corrected chi connectivity index (χ4v) is 2.29. The van der Waals surface area contributed by atoms with Gasteiger partial charge in [0.05, 0.1) is 0 Å². The van der Waals surface area contributed by atoms with Gasteiger partial charge in [-0.25, -0.2) is 0 Å². The van der Waals surface area contributed by atoms with Crippen molar-refractivity contribution < 1.29 is 4.79 Å². The molecule has 1 amide bonds. The van der Waals surface area contributed by atoms with E-state index in [9.17, 15) is 4.79 Å². The van der Waals surface area contributed by atoms with Crippen LogP contribution >= 0.6 is 0 Å². The quantitative estimate of drug-likeness (QED) is 0.878. The fourth-order valence-electron chi connectivity index (χ4n) is 2.29. The van der Waals surface area contributed by atoms with Crippen LogP contribution in [-0.2, 0) is 6.54 Å². The second-order valence-corrected chi connectivity index (χ2v) is 5.23. The fraction of sp³-hybridized carbons (Fsp3) is 0.278. The van der Waals surface area contributed by atoms with Crippen LogP contribution in [0.25, 0.3) is 0 Å². The highest BCUT2D eigenvalue weighted by Gasteiger charge is 2.06. The summed E-state index contributed by atoms with van der Waals surface area (Å²) in [5, 5.41) is 6.24. The summed E-state index contributed by atoms with van der Waals surface area (Å²) in [6.07, 6.45) is 0. The molecular weight excluding hydrogens is 260 g/mol. The summed E-state index contributed by atoms with van der Waals surface area (Å²) in [6.45, 7) is 7.45. The molecule has 3 nitrogen and oxygen atoms in total.